The van der Waals surface area contributed by atoms with E-state index in [0.29, 0.717) is 19.4 Å². The van der Waals surface area contributed by atoms with E-state index >= 15 is 0 Å². The summed E-state index contributed by atoms with van der Waals surface area (Å²) in [7, 11) is 0. The molecule has 15 heavy (non-hydrogen) atoms. The Labute approximate surface area is 87.4 Å². The van der Waals surface area contributed by atoms with Crippen molar-refractivity contribution in [3.63, 3.8) is 0 Å². The Morgan fingerprint density at radius 1 is 1.60 bits per heavy atom. The molecule has 1 unspecified atom stereocenters. The minimum Gasteiger partial charge on any atom is -0.465 e. The van der Waals surface area contributed by atoms with E-state index in [1.54, 1.807) is 6.92 Å². The molecule has 0 bridgehead atoms. The number of nitrogens with one attached hydrogen (secondary N) is 2. The van der Waals surface area contributed by atoms with Crippen LogP contribution in [0.3, 0.4) is 0 Å². The number of amides is 2. The molecule has 0 saturated carbocycles. The molecule has 1 aliphatic heterocycles. The Morgan fingerprint density at radius 3 is 2.93 bits per heavy atom. The van der Waals surface area contributed by atoms with Crippen LogP contribution in [0.15, 0.2) is 0 Å². The highest BCUT2D eigenvalue weighted by atomic mass is 16.5. The molecule has 1 fully saturated rings. The Kier molecular flexibility index (Phi) is 4.23. The predicted octanol–water partition coefficient (Wildman–Crippen LogP) is -1.06. The molecule has 0 aliphatic carbocycles. The van der Waals surface area contributed by atoms with Crippen LogP contribution in [0.2, 0.25) is 0 Å². The summed E-state index contributed by atoms with van der Waals surface area (Å²) in [5.41, 5.74) is 0. The maximum absolute atomic E-state index is 11.2. The van der Waals surface area contributed by atoms with Crippen LogP contribution in [-0.4, -0.2) is 37.0 Å². The lowest BCUT2D eigenvalue weighted by molar-refractivity contribution is -0.142. The van der Waals surface area contributed by atoms with Crippen molar-refractivity contribution in [2.24, 2.45) is 0 Å². The van der Waals surface area contributed by atoms with Gasteiger partial charge in [0.1, 0.15) is 0 Å². The van der Waals surface area contributed by atoms with E-state index in [0.717, 1.165) is 0 Å². The summed E-state index contributed by atoms with van der Waals surface area (Å²) < 4.78 is 4.69. The van der Waals surface area contributed by atoms with Crippen LogP contribution >= 0.6 is 0 Å². The monoisotopic (exact) mass is 214 g/mol. The van der Waals surface area contributed by atoms with Gasteiger partial charge in [0.05, 0.1) is 19.2 Å². The average Bonchev–Trinajstić information content (AvgIpc) is 2.17. The van der Waals surface area contributed by atoms with Crippen molar-refractivity contribution in [1.82, 2.24) is 10.6 Å². The Bertz CT molecular complexity index is 277. The Morgan fingerprint density at radius 2 is 2.33 bits per heavy atom. The van der Waals surface area contributed by atoms with Crippen LogP contribution in [0.5, 0.6) is 0 Å². The third-order valence-electron chi connectivity index (χ3n) is 2.04. The van der Waals surface area contributed by atoms with Gasteiger partial charge in [-0.25, -0.2) is 0 Å². The van der Waals surface area contributed by atoms with E-state index < -0.39 is 12.0 Å². The van der Waals surface area contributed by atoms with Gasteiger partial charge in [-0.05, 0) is 13.3 Å². The number of carbonyl (C=O) groups excluding carboxylic acids is 3. The first-order valence-electron chi connectivity index (χ1n) is 4.86. The van der Waals surface area contributed by atoms with E-state index in [1.807, 2.05) is 0 Å². The fourth-order valence-corrected chi connectivity index (χ4v) is 1.31. The van der Waals surface area contributed by atoms with E-state index in [2.05, 4.69) is 15.4 Å². The quantitative estimate of drug-likeness (QED) is 0.460. The van der Waals surface area contributed by atoms with Crippen molar-refractivity contribution in [3.05, 3.63) is 0 Å². The van der Waals surface area contributed by atoms with Crippen molar-refractivity contribution in [2.45, 2.75) is 25.8 Å². The normalized spacial score (nSPS) is 21.0. The number of ether oxygens (including phenoxy) is 1. The highest BCUT2D eigenvalue weighted by Crippen LogP contribution is 2.03. The molecule has 2 amide bonds. The standard InChI is InChI=1S/C9H14N2O4/c1-2-15-8(13)5-10-6-3-4-7(12)11-9(6)14/h6,10H,2-5H2,1H3,(H,11,12,14). The molecule has 1 atom stereocenters. The molecule has 1 rings (SSSR count). The summed E-state index contributed by atoms with van der Waals surface area (Å²) in [4.78, 5) is 33.0. The highest BCUT2D eigenvalue weighted by Gasteiger charge is 2.26. The van der Waals surface area contributed by atoms with Gasteiger partial charge in [-0.2, -0.15) is 0 Å². The first kappa shape index (κ1) is 11.6. The molecule has 0 aromatic heterocycles. The first-order valence-corrected chi connectivity index (χ1v) is 4.86. The molecule has 6 heteroatoms. The molecular formula is C9H14N2O4. The van der Waals surface area contributed by atoms with Gasteiger partial charge in [0, 0.05) is 6.42 Å². The van der Waals surface area contributed by atoms with Gasteiger partial charge in [-0.15, -0.1) is 0 Å². The van der Waals surface area contributed by atoms with E-state index in [1.165, 1.54) is 0 Å². The molecule has 1 aliphatic rings. The molecule has 0 radical (unpaired) electrons. The van der Waals surface area contributed by atoms with Gasteiger partial charge in [0.25, 0.3) is 0 Å². The van der Waals surface area contributed by atoms with Crippen molar-refractivity contribution in [3.8, 4) is 0 Å². The van der Waals surface area contributed by atoms with Crippen molar-refractivity contribution in [1.29, 1.82) is 0 Å². The Balaban J connectivity index is 2.29. The zero-order valence-corrected chi connectivity index (χ0v) is 8.54. The number of esters is 1. The fourth-order valence-electron chi connectivity index (χ4n) is 1.31. The zero-order chi connectivity index (χ0) is 11.3. The average molecular weight is 214 g/mol. The number of imide groups is 1. The van der Waals surface area contributed by atoms with Crippen LogP contribution in [0.4, 0.5) is 0 Å². The van der Waals surface area contributed by atoms with Crippen molar-refractivity contribution in [2.75, 3.05) is 13.2 Å². The summed E-state index contributed by atoms with van der Waals surface area (Å²) in [5, 5.41) is 4.93. The van der Waals surface area contributed by atoms with Crippen LogP contribution in [0.1, 0.15) is 19.8 Å². The molecule has 1 saturated heterocycles. The molecule has 84 valence electrons. The lowest BCUT2D eigenvalue weighted by Gasteiger charge is -2.21. The van der Waals surface area contributed by atoms with Gasteiger partial charge < -0.3 is 4.74 Å². The molecule has 2 N–H and O–H groups in total. The van der Waals surface area contributed by atoms with Crippen LogP contribution in [0.25, 0.3) is 0 Å². The topological polar surface area (TPSA) is 84.5 Å². The molecule has 1 heterocycles. The van der Waals surface area contributed by atoms with Gasteiger partial charge in [-0.3, -0.25) is 25.0 Å². The maximum atomic E-state index is 11.2. The second-order valence-corrected chi connectivity index (χ2v) is 3.19. The largest absolute Gasteiger partial charge is 0.465 e. The van der Waals surface area contributed by atoms with Gasteiger partial charge in [-0.1, -0.05) is 0 Å². The number of hydrogen-bond acceptors (Lipinski definition) is 5. The summed E-state index contributed by atoms with van der Waals surface area (Å²) in [6.45, 7) is 2.01. The van der Waals surface area contributed by atoms with Gasteiger partial charge in [0.15, 0.2) is 0 Å². The molecule has 0 aromatic carbocycles. The lowest BCUT2D eigenvalue weighted by atomic mass is 10.1. The van der Waals surface area contributed by atoms with E-state index in [9.17, 15) is 14.4 Å². The first-order chi connectivity index (χ1) is 7.13. The minimum atomic E-state index is -0.480. The second kappa shape index (κ2) is 5.45. The maximum Gasteiger partial charge on any atom is 0.319 e. The van der Waals surface area contributed by atoms with Crippen molar-refractivity contribution >= 4 is 17.8 Å². The highest BCUT2D eigenvalue weighted by molar-refractivity contribution is 6.00. The molecule has 0 spiro atoms. The summed E-state index contributed by atoms with van der Waals surface area (Å²) in [6, 6.07) is -0.480. The smallest absolute Gasteiger partial charge is 0.319 e. The Hall–Kier alpha value is -1.43. The van der Waals surface area contributed by atoms with Gasteiger partial charge >= 0.3 is 5.97 Å². The second-order valence-electron chi connectivity index (χ2n) is 3.19. The van der Waals surface area contributed by atoms with Crippen LogP contribution in [0, 0.1) is 0 Å². The third-order valence-corrected chi connectivity index (χ3v) is 2.04. The fraction of sp³-hybridized carbons (Fsp3) is 0.667. The zero-order valence-electron chi connectivity index (χ0n) is 8.54. The number of hydrogen-bond donors (Lipinski definition) is 2. The third kappa shape index (κ3) is 3.67. The van der Waals surface area contributed by atoms with Gasteiger partial charge in [0.2, 0.25) is 11.8 Å². The summed E-state index contributed by atoms with van der Waals surface area (Å²) in [6.07, 6.45) is 0.719. The number of carbonyl (C=O) groups is 3. The molecular weight excluding hydrogens is 200 g/mol. The SMILES string of the molecule is CCOC(=O)CNC1CCC(=O)NC1=O. The summed E-state index contributed by atoms with van der Waals surface area (Å²) >= 11 is 0. The van der Waals surface area contributed by atoms with Crippen LogP contribution in [-0.2, 0) is 19.1 Å². The van der Waals surface area contributed by atoms with Crippen LogP contribution < -0.4 is 10.6 Å². The number of piperidine rings is 1. The van der Waals surface area contributed by atoms with E-state index in [4.69, 9.17) is 0 Å². The predicted molar refractivity (Wildman–Crippen MR) is 50.8 cm³/mol. The summed E-state index contributed by atoms with van der Waals surface area (Å²) in [5.74, 6) is -1.05. The number of rotatable bonds is 4. The molecule has 6 nitrogen and oxygen atoms in total. The lowest BCUT2D eigenvalue weighted by Crippen LogP contribution is -2.51. The molecule has 0 aromatic rings. The van der Waals surface area contributed by atoms with E-state index in [-0.39, 0.29) is 18.4 Å². The minimum absolute atomic E-state index is 0.0138. The van der Waals surface area contributed by atoms with Crippen molar-refractivity contribution < 1.29 is 19.1 Å².